The molecule has 0 spiro atoms. The molecule has 10 heteroatoms. The highest BCUT2D eigenvalue weighted by molar-refractivity contribution is 7.88. The Morgan fingerprint density at radius 2 is 1.94 bits per heavy atom. The van der Waals surface area contributed by atoms with Crippen LogP contribution in [0.25, 0.3) is 22.3 Å². The van der Waals surface area contributed by atoms with E-state index in [1.54, 1.807) is 12.4 Å². The molecule has 2 fully saturated rings. The molecule has 9 nitrogen and oxygen atoms in total. The summed E-state index contributed by atoms with van der Waals surface area (Å²) in [6, 6.07) is 10.2. The first-order valence-electron chi connectivity index (χ1n) is 10.8. The summed E-state index contributed by atoms with van der Waals surface area (Å²) < 4.78 is 42.3. The van der Waals surface area contributed by atoms with Gasteiger partial charge >= 0.3 is 0 Å². The van der Waals surface area contributed by atoms with Crippen molar-refractivity contribution < 1.29 is 22.6 Å². The summed E-state index contributed by atoms with van der Waals surface area (Å²) in [5, 5.41) is 0. The normalized spacial score (nSPS) is 21.0. The second-order valence-corrected chi connectivity index (χ2v) is 10.8. The van der Waals surface area contributed by atoms with Gasteiger partial charge in [-0.05, 0) is 11.6 Å². The lowest BCUT2D eigenvalue weighted by molar-refractivity contribution is -0.0500. The third-order valence-corrected chi connectivity index (χ3v) is 7.39. The number of rotatable bonds is 6. The van der Waals surface area contributed by atoms with Crippen molar-refractivity contribution in [1.82, 2.24) is 19.3 Å². The smallest absolute Gasteiger partial charge is 0.242 e. The van der Waals surface area contributed by atoms with Crippen LogP contribution < -0.4 is 4.74 Å². The second kappa shape index (κ2) is 8.60. The quantitative estimate of drug-likeness (QED) is 0.539. The van der Waals surface area contributed by atoms with Crippen molar-refractivity contribution in [2.24, 2.45) is 0 Å². The van der Waals surface area contributed by atoms with Crippen LogP contribution in [0, 0.1) is 0 Å². The molecule has 1 aromatic carbocycles. The van der Waals surface area contributed by atoms with Gasteiger partial charge in [-0.3, -0.25) is 4.98 Å². The number of hydrogen-bond donors (Lipinski definition) is 0. The largest absolute Gasteiger partial charge is 0.473 e. The van der Waals surface area contributed by atoms with Crippen molar-refractivity contribution in [2.75, 3.05) is 45.8 Å². The first-order valence-corrected chi connectivity index (χ1v) is 12.7. The van der Waals surface area contributed by atoms with Gasteiger partial charge in [0.2, 0.25) is 15.9 Å². The maximum absolute atomic E-state index is 11.9. The highest BCUT2D eigenvalue weighted by Crippen LogP contribution is 2.33. The molecule has 33 heavy (non-hydrogen) atoms. The van der Waals surface area contributed by atoms with Crippen LogP contribution >= 0.6 is 0 Å². The summed E-state index contributed by atoms with van der Waals surface area (Å²) in [7, 11) is -3.28. The number of nitrogens with zero attached hydrogens (tertiary/aromatic N) is 4. The Kier molecular flexibility index (Phi) is 5.77. The average molecular weight is 471 g/mol. The van der Waals surface area contributed by atoms with E-state index in [4.69, 9.17) is 19.2 Å². The first-order chi connectivity index (χ1) is 15.8. The second-order valence-electron chi connectivity index (χ2n) is 8.79. The van der Waals surface area contributed by atoms with Gasteiger partial charge in [0.25, 0.3) is 0 Å². The zero-order valence-corrected chi connectivity index (χ0v) is 19.4. The fraction of sp³-hybridized carbons (Fsp3) is 0.435. The van der Waals surface area contributed by atoms with Gasteiger partial charge in [-0.1, -0.05) is 31.2 Å². The van der Waals surface area contributed by atoms with E-state index in [-0.39, 0.29) is 18.6 Å². The molecule has 2 aromatic heterocycles. The average Bonchev–Trinajstić information content (AvgIpc) is 2.80. The van der Waals surface area contributed by atoms with Crippen LogP contribution in [0.3, 0.4) is 0 Å². The molecule has 0 amide bonds. The van der Waals surface area contributed by atoms with Gasteiger partial charge in [0.15, 0.2) is 5.52 Å². The summed E-state index contributed by atoms with van der Waals surface area (Å²) in [5.41, 5.74) is 4.18. The van der Waals surface area contributed by atoms with Crippen molar-refractivity contribution >= 4 is 21.1 Å². The molecule has 0 aliphatic carbocycles. The van der Waals surface area contributed by atoms with Crippen LogP contribution in [-0.4, -0.2) is 79.6 Å². The monoisotopic (exact) mass is 470 g/mol. The van der Waals surface area contributed by atoms with E-state index in [0.717, 1.165) is 24.5 Å². The van der Waals surface area contributed by atoms with Gasteiger partial charge in [-0.2, -0.15) is 4.31 Å². The fourth-order valence-electron chi connectivity index (χ4n) is 4.08. The Balaban J connectivity index is 1.39. The molecule has 0 bridgehead atoms. The minimum absolute atomic E-state index is 0.0644. The lowest BCUT2D eigenvalue weighted by Crippen LogP contribution is -2.47. The number of aromatic nitrogens is 3. The van der Waals surface area contributed by atoms with Crippen LogP contribution in [0.5, 0.6) is 5.88 Å². The molecule has 0 radical (unpaired) electrons. The fourth-order valence-corrected chi connectivity index (χ4v) is 4.92. The molecule has 0 unspecified atom stereocenters. The molecular formula is C23H26N4O5S. The number of morpholine rings is 1. The summed E-state index contributed by atoms with van der Waals surface area (Å²) in [4.78, 5) is 13.5. The molecule has 2 aliphatic rings. The Hall–Kier alpha value is -2.66. The van der Waals surface area contributed by atoms with Gasteiger partial charge in [0.05, 0.1) is 37.3 Å². The van der Waals surface area contributed by atoms with E-state index in [1.807, 2.05) is 18.2 Å². The van der Waals surface area contributed by atoms with E-state index in [9.17, 15) is 8.42 Å². The first kappa shape index (κ1) is 22.1. The van der Waals surface area contributed by atoms with Crippen molar-refractivity contribution in [2.45, 2.75) is 18.4 Å². The number of ether oxygens (including phenoxy) is 3. The van der Waals surface area contributed by atoms with Crippen molar-refractivity contribution in [3.63, 3.8) is 0 Å². The van der Waals surface area contributed by atoms with Crippen molar-refractivity contribution in [3.05, 3.63) is 48.3 Å². The Labute approximate surface area is 192 Å². The minimum atomic E-state index is -3.28. The lowest BCUT2D eigenvalue weighted by Gasteiger charge is -2.38. The standard InChI is InChI=1S/C23H26N4O5S/c1-23(14-30-15-23)17-5-3-16(4-6-17)19-11-20-21(25-8-7-24-20)22(26-19)32-13-18-12-27(9-10-31-18)33(2,28)29/h3-8,11,18H,9-10,12-15H2,1-2H3/t18-/m0/s1. The molecule has 174 valence electrons. The van der Waals surface area contributed by atoms with Gasteiger partial charge in [0, 0.05) is 36.5 Å². The van der Waals surface area contributed by atoms with Crippen LogP contribution in [0.1, 0.15) is 12.5 Å². The van der Waals surface area contributed by atoms with Crippen LogP contribution in [0.2, 0.25) is 0 Å². The molecule has 2 aliphatic heterocycles. The highest BCUT2D eigenvalue weighted by Gasteiger charge is 2.35. The Bertz CT molecular complexity index is 1260. The third kappa shape index (κ3) is 4.56. The molecule has 1 atom stereocenters. The maximum Gasteiger partial charge on any atom is 0.242 e. The van der Waals surface area contributed by atoms with E-state index < -0.39 is 16.1 Å². The van der Waals surface area contributed by atoms with Gasteiger partial charge < -0.3 is 14.2 Å². The van der Waals surface area contributed by atoms with Gasteiger partial charge in [0.1, 0.15) is 12.7 Å². The van der Waals surface area contributed by atoms with E-state index >= 15 is 0 Å². The molecular weight excluding hydrogens is 444 g/mol. The number of pyridine rings is 1. The van der Waals surface area contributed by atoms with Crippen LogP contribution in [0.15, 0.2) is 42.7 Å². The van der Waals surface area contributed by atoms with Gasteiger partial charge in [-0.15, -0.1) is 0 Å². The van der Waals surface area contributed by atoms with Gasteiger partial charge in [-0.25, -0.2) is 18.4 Å². The predicted molar refractivity (Wildman–Crippen MR) is 123 cm³/mol. The molecule has 5 rings (SSSR count). The third-order valence-electron chi connectivity index (χ3n) is 6.12. The SMILES string of the molecule is CC1(c2ccc(-c3cc4nccnc4c(OC[C@@H]4CN(S(C)(=O)=O)CCO4)n3)cc2)COC1. The molecule has 0 saturated carbocycles. The molecule has 2 saturated heterocycles. The number of benzene rings is 1. The highest BCUT2D eigenvalue weighted by atomic mass is 32.2. The molecule has 0 N–H and O–H groups in total. The summed E-state index contributed by atoms with van der Waals surface area (Å²) in [5.74, 6) is 0.346. The number of hydrogen-bond acceptors (Lipinski definition) is 8. The summed E-state index contributed by atoms with van der Waals surface area (Å²) >= 11 is 0. The Morgan fingerprint density at radius 1 is 1.18 bits per heavy atom. The molecule has 4 heterocycles. The predicted octanol–water partition coefficient (Wildman–Crippen LogP) is 2.02. The van der Waals surface area contributed by atoms with E-state index in [2.05, 4.69) is 29.0 Å². The maximum atomic E-state index is 11.9. The number of sulfonamides is 1. The topological polar surface area (TPSA) is 104 Å². The van der Waals surface area contributed by atoms with Crippen LogP contribution in [0.4, 0.5) is 0 Å². The zero-order chi connectivity index (χ0) is 23.1. The Morgan fingerprint density at radius 3 is 2.64 bits per heavy atom. The lowest BCUT2D eigenvalue weighted by atomic mass is 9.80. The van der Waals surface area contributed by atoms with E-state index in [0.29, 0.717) is 30.1 Å². The molecule has 3 aromatic rings. The van der Waals surface area contributed by atoms with Crippen LogP contribution in [-0.2, 0) is 24.9 Å². The number of fused-ring (bicyclic) bond motifs is 1. The zero-order valence-electron chi connectivity index (χ0n) is 18.6. The van der Waals surface area contributed by atoms with Crippen molar-refractivity contribution in [3.8, 4) is 17.1 Å². The minimum Gasteiger partial charge on any atom is -0.473 e. The summed E-state index contributed by atoms with van der Waals surface area (Å²) in [6.07, 6.45) is 4.03. The summed E-state index contributed by atoms with van der Waals surface area (Å²) in [6.45, 7) is 4.73. The van der Waals surface area contributed by atoms with Crippen molar-refractivity contribution in [1.29, 1.82) is 0 Å². The van der Waals surface area contributed by atoms with E-state index in [1.165, 1.54) is 16.1 Å².